The third-order valence-corrected chi connectivity index (χ3v) is 6.87. The summed E-state index contributed by atoms with van der Waals surface area (Å²) in [5, 5.41) is 0.956. The van der Waals surface area contributed by atoms with Gasteiger partial charge in [0.25, 0.3) is 0 Å². The number of aryl methyl sites for hydroxylation is 1. The fraction of sp³-hybridized carbons (Fsp3) is 0.448. The molecule has 1 fully saturated rings. The molecule has 2 heterocycles. The Kier molecular flexibility index (Phi) is 7.62. The van der Waals surface area contributed by atoms with Gasteiger partial charge in [-0.1, -0.05) is 12.1 Å². The normalized spacial score (nSPS) is 18.6. The van der Waals surface area contributed by atoms with Gasteiger partial charge >= 0.3 is 12.1 Å². The summed E-state index contributed by atoms with van der Waals surface area (Å²) in [4.78, 5) is 27.3. The monoisotopic (exact) mass is 507 g/mol. The standard InChI is InChI=1S/C29H37N3O5/c1-18-15-25(35-5)23(22-12-14-32(26(18)22)28(34)37-29(2,3)4)17-31-13-11-21(30)16-24(31)19-7-9-20(10-8-19)27(33)36-6/h7-10,12,14-15,21,24H,11,13,16-17,30H2,1-6H3. The van der Waals surface area contributed by atoms with E-state index in [2.05, 4.69) is 4.90 Å². The van der Waals surface area contributed by atoms with E-state index in [9.17, 15) is 9.59 Å². The van der Waals surface area contributed by atoms with E-state index in [1.54, 1.807) is 30.0 Å². The van der Waals surface area contributed by atoms with Crippen LogP contribution in [0.5, 0.6) is 5.75 Å². The molecule has 0 amide bonds. The number of likely N-dealkylation sites (tertiary alicyclic amines) is 1. The molecule has 0 aliphatic carbocycles. The predicted molar refractivity (Wildman–Crippen MR) is 143 cm³/mol. The average Bonchev–Trinajstić information content (AvgIpc) is 3.31. The molecule has 4 rings (SSSR count). The third-order valence-electron chi connectivity index (χ3n) is 6.87. The van der Waals surface area contributed by atoms with Crippen LogP contribution in [0.1, 0.15) is 66.7 Å². The molecule has 2 unspecified atom stereocenters. The van der Waals surface area contributed by atoms with Crippen molar-refractivity contribution in [1.82, 2.24) is 9.47 Å². The smallest absolute Gasteiger partial charge is 0.419 e. The van der Waals surface area contributed by atoms with Gasteiger partial charge in [0.15, 0.2) is 0 Å². The number of nitrogens with two attached hydrogens (primary N) is 1. The molecule has 1 saturated heterocycles. The second kappa shape index (κ2) is 10.6. The molecule has 2 atom stereocenters. The first kappa shape index (κ1) is 26.7. The number of rotatable bonds is 5. The predicted octanol–water partition coefficient (Wildman–Crippen LogP) is 5.19. The maximum atomic E-state index is 13.0. The highest BCUT2D eigenvalue weighted by molar-refractivity contribution is 5.95. The van der Waals surface area contributed by atoms with Gasteiger partial charge < -0.3 is 19.9 Å². The first-order valence-corrected chi connectivity index (χ1v) is 12.6. The quantitative estimate of drug-likeness (QED) is 0.475. The van der Waals surface area contributed by atoms with Gasteiger partial charge in [0, 0.05) is 42.3 Å². The van der Waals surface area contributed by atoms with Gasteiger partial charge in [-0.15, -0.1) is 0 Å². The van der Waals surface area contributed by atoms with Gasteiger partial charge in [0.1, 0.15) is 11.4 Å². The number of carbonyl (C=O) groups is 2. The maximum Gasteiger partial charge on any atom is 0.419 e. The van der Waals surface area contributed by atoms with Gasteiger partial charge in [0.2, 0.25) is 0 Å². The average molecular weight is 508 g/mol. The fourth-order valence-corrected chi connectivity index (χ4v) is 5.11. The van der Waals surface area contributed by atoms with Crippen LogP contribution in [-0.4, -0.2) is 53.9 Å². The van der Waals surface area contributed by atoms with E-state index in [1.807, 2.05) is 52.0 Å². The van der Waals surface area contributed by atoms with Crippen molar-refractivity contribution in [3.63, 3.8) is 0 Å². The highest BCUT2D eigenvalue weighted by Crippen LogP contribution is 2.38. The summed E-state index contributed by atoms with van der Waals surface area (Å²) >= 11 is 0. The number of fused-ring (bicyclic) bond motifs is 1. The Morgan fingerprint density at radius 3 is 2.43 bits per heavy atom. The molecular weight excluding hydrogens is 470 g/mol. The fourth-order valence-electron chi connectivity index (χ4n) is 5.11. The van der Waals surface area contributed by atoms with Crippen LogP contribution >= 0.6 is 0 Å². The third kappa shape index (κ3) is 5.65. The van der Waals surface area contributed by atoms with Crippen LogP contribution in [-0.2, 0) is 16.0 Å². The van der Waals surface area contributed by atoms with Crippen LogP contribution in [0.25, 0.3) is 10.9 Å². The minimum absolute atomic E-state index is 0.0736. The van der Waals surface area contributed by atoms with Gasteiger partial charge in [-0.25, -0.2) is 9.59 Å². The summed E-state index contributed by atoms with van der Waals surface area (Å²) in [5.41, 5.74) is 10.2. The molecule has 1 aromatic heterocycles. The molecule has 0 bridgehead atoms. The van der Waals surface area contributed by atoms with E-state index >= 15 is 0 Å². The van der Waals surface area contributed by atoms with Crippen molar-refractivity contribution < 1.29 is 23.8 Å². The van der Waals surface area contributed by atoms with Crippen LogP contribution in [0, 0.1) is 6.92 Å². The number of hydrogen-bond donors (Lipinski definition) is 1. The number of hydrogen-bond acceptors (Lipinski definition) is 7. The molecule has 0 spiro atoms. The SMILES string of the molecule is COC(=O)c1ccc(C2CC(N)CCN2Cc2c(OC)cc(C)c3c2ccn3C(=O)OC(C)(C)C)cc1. The highest BCUT2D eigenvalue weighted by atomic mass is 16.6. The molecule has 37 heavy (non-hydrogen) atoms. The van der Waals surface area contributed by atoms with E-state index < -0.39 is 11.7 Å². The molecule has 1 aliphatic rings. The van der Waals surface area contributed by atoms with Crippen molar-refractivity contribution in [3.05, 3.63) is 64.8 Å². The Hall–Kier alpha value is -3.36. The molecule has 8 heteroatoms. The lowest BCUT2D eigenvalue weighted by Gasteiger charge is -2.39. The second-order valence-electron chi connectivity index (χ2n) is 10.7. The second-order valence-corrected chi connectivity index (χ2v) is 10.7. The summed E-state index contributed by atoms with van der Waals surface area (Å²) in [6.07, 6.45) is 3.04. The molecule has 2 aromatic carbocycles. The minimum Gasteiger partial charge on any atom is -0.496 e. The summed E-state index contributed by atoms with van der Waals surface area (Å²) in [6.45, 7) is 8.98. The van der Waals surface area contributed by atoms with E-state index in [4.69, 9.17) is 19.9 Å². The Bertz CT molecular complexity index is 1290. The number of carbonyl (C=O) groups excluding carboxylic acids is 2. The molecule has 2 N–H and O–H groups in total. The highest BCUT2D eigenvalue weighted by Gasteiger charge is 2.30. The summed E-state index contributed by atoms with van der Waals surface area (Å²) in [6, 6.07) is 11.6. The van der Waals surface area contributed by atoms with Crippen LogP contribution in [0.3, 0.4) is 0 Å². The van der Waals surface area contributed by atoms with Gasteiger partial charge in [-0.05, 0) is 75.9 Å². The number of nitrogens with zero attached hydrogens (tertiary/aromatic N) is 2. The van der Waals surface area contributed by atoms with Gasteiger partial charge in [0.05, 0.1) is 25.3 Å². The Morgan fingerprint density at radius 1 is 1.11 bits per heavy atom. The van der Waals surface area contributed by atoms with Crippen molar-refractivity contribution >= 4 is 23.0 Å². The van der Waals surface area contributed by atoms with Crippen LogP contribution < -0.4 is 10.5 Å². The van der Waals surface area contributed by atoms with Gasteiger partial charge in [-0.2, -0.15) is 0 Å². The first-order valence-electron chi connectivity index (χ1n) is 12.6. The maximum absolute atomic E-state index is 13.0. The molecule has 0 saturated carbocycles. The molecule has 8 nitrogen and oxygen atoms in total. The van der Waals surface area contributed by atoms with Crippen molar-refractivity contribution in [2.75, 3.05) is 20.8 Å². The molecule has 1 aliphatic heterocycles. The van der Waals surface area contributed by atoms with Crippen LogP contribution in [0.2, 0.25) is 0 Å². The lowest BCUT2D eigenvalue weighted by molar-refractivity contribution is 0.0542. The number of piperidine rings is 1. The Balaban J connectivity index is 1.72. The molecule has 3 aromatic rings. The molecule has 0 radical (unpaired) electrons. The van der Waals surface area contributed by atoms with Crippen molar-refractivity contribution in [2.45, 2.75) is 64.8 Å². The molecule has 198 valence electrons. The lowest BCUT2D eigenvalue weighted by atomic mass is 9.91. The van der Waals surface area contributed by atoms with Crippen molar-refractivity contribution in [1.29, 1.82) is 0 Å². The Morgan fingerprint density at radius 2 is 1.81 bits per heavy atom. The summed E-state index contributed by atoms with van der Waals surface area (Å²) in [7, 11) is 3.05. The van der Waals surface area contributed by atoms with E-state index in [0.29, 0.717) is 12.1 Å². The summed E-state index contributed by atoms with van der Waals surface area (Å²) < 4.78 is 17.9. The zero-order valence-electron chi connectivity index (χ0n) is 22.5. The zero-order chi connectivity index (χ0) is 26.9. The largest absolute Gasteiger partial charge is 0.496 e. The molecular formula is C29H37N3O5. The van der Waals surface area contributed by atoms with Crippen LogP contribution in [0.15, 0.2) is 42.6 Å². The van der Waals surface area contributed by atoms with Crippen molar-refractivity contribution in [2.24, 2.45) is 5.73 Å². The number of benzene rings is 2. The number of aromatic nitrogens is 1. The van der Waals surface area contributed by atoms with Gasteiger partial charge in [-0.3, -0.25) is 9.47 Å². The number of methoxy groups -OCH3 is 2. The van der Waals surface area contributed by atoms with E-state index in [-0.39, 0.29) is 18.1 Å². The van der Waals surface area contributed by atoms with Crippen LogP contribution in [0.4, 0.5) is 4.79 Å². The van der Waals surface area contributed by atoms with E-state index in [1.165, 1.54) is 7.11 Å². The number of esters is 1. The lowest BCUT2D eigenvalue weighted by Crippen LogP contribution is -2.41. The minimum atomic E-state index is -0.597. The summed E-state index contributed by atoms with van der Waals surface area (Å²) in [5.74, 6) is 0.423. The van der Waals surface area contributed by atoms with Crippen molar-refractivity contribution in [3.8, 4) is 5.75 Å². The topological polar surface area (TPSA) is 96.0 Å². The first-order chi connectivity index (χ1) is 17.5. The zero-order valence-corrected chi connectivity index (χ0v) is 22.5. The number of ether oxygens (including phenoxy) is 3. The Labute approximate surface area is 218 Å². The van der Waals surface area contributed by atoms with E-state index in [0.717, 1.165) is 52.7 Å².